The van der Waals surface area contributed by atoms with Crippen molar-refractivity contribution in [2.24, 2.45) is 0 Å². The van der Waals surface area contributed by atoms with Crippen LogP contribution in [0.25, 0.3) is 0 Å². The lowest BCUT2D eigenvalue weighted by molar-refractivity contribution is -0.139. The molecule has 1 aromatic heterocycles. The molecule has 0 aliphatic heterocycles. The van der Waals surface area contributed by atoms with Crippen LogP contribution in [0, 0.1) is 0 Å². The van der Waals surface area contributed by atoms with Crippen molar-refractivity contribution >= 4 is 11.9 Å². The van der Waals surface area contributed by atoms with Crippen LogP contribution >= 0.6 is 0 Å². The van der Waals surface area contributed by atoms with Gasteiger partial charge in [-0.05, 0) is 6.07 Å². The van der Waals surface area contributed by atoms with E-state index in [1.54, 1.807) is 18.3 Å². The van der Waals surface area contributed by atoms with Crippen LogP contribution < -0.4 is 5.56 Å². The molecule has 0 fully saturated rings. The number of nitrogens with zero attached hydrogens (tertiary/aromatic N) is 1. The molecule has 18 heavy (non-hydrogen) atoms. The number of ether oxygens (including phenoxy) is 2. The van der Waals surface area contributed by atoms with Gasteiger partial charge < -0.3 is 14.0 Å². The molecule has 0 aromatic carbocycles. The Morgan fingerprint density at radius 2 is 2.00 bits per heavy atom. The molecule has 1 heterocycles. The molecule has 1 aromatic rings. The second-order valence-electron chi connectivity index (χ2n) is 3.26. The van der Waals surface area contributed by atoms with Gasteiger partial charge in [-0.25, -0.2) is 9.59 Å². The third-order valence-electron chi connectivity index (χ3n) is 2.03. The van der Waals surface area contributed by atoms with Gasteiger partial charge in [0.15, 0.2) is 0 Å². The molecule has 0 saturated heterocycles. The number of pyridine rings is 1. The molecular formula is C12H13NO5. The van der Waals surface area contributed by atoms with Gasteiger partial charge in [-0.2, -0.15) is 0 Å². The standard InChI is InChI=1S/C12H13NO5/c1-17-11(15)5-6-12(16)18-9-8-13-7-3-2-4-10(13)14/h2-7H,8-9H2,1H3/b6-5+. The third kappa shape index (κ3) is 4.65. The zero-order valence-corrected chi connectivity index (χ0v) is 9.87. The number of carbonyl (C=O) groups is 2. The Morgan fingerprint density at radius 1 is 1.28 bits per heavy atom. The maximum Gasteiger partial charge on any atom is 0.331 e. The highest BCUT2D eigenvalue weighted by atomic mass is 16.5. The van der Waals surface area contributed by atoms with Gasteiger partial charge in [0, 0.05) is 24.4 Å². The highest BCUT2D eigenvalue weighted by molar-refractivity contribution is 5.91. The minimum Gasteiger partial charge on any atom is -0.466 e. The van der Waals surface area contributed by atoms with Crippen LogP contribution in [0.1, 0.15) is 0 Å². The van der Waals surface area contributed by atoms with E-state index < -0.39 is 11.9 Å². The van der Waals surface area contributed by atoms with Crippen LogP contribution in [0.2, 0.25) is 0 Å². The average molecular weight is 251 g/mol. The van der Waals surface area contributed by atoms with Crippen molar-refractivity contribution in [1.82, 2.24) is 4.57 Å². The molecule has 0 unspecified atom stereocenters. The monoisotopic (exact) mass is 251 g/mol. The first-order valence-electron chi connectivity index (χ1n) is 5.21. The lowest BCUT2D eigenvalue weighted by Crippen LogP contribution is -2.21. The van der Waals surface area contributed by atoms with Crippen molar-refractivity contribution in [2.45, 2.75) is 6.54 Å². The van der Waals surface area contributed by atoms with E-state index in [4.69, 9.17) is 4.74 Å². The van der Waals surface area contributed by atoms with Crippen LogP contribution in [0.15, 0.2) is 41.3 Å². The predicted octanol–water partition coefficient (Wildman–Crippen LogP) is 0.121. The van der Waals surface area contributed by atoms with E-state index in [2.05, 4.69) is 4.74 Å². The lowest BCUT2D eigenvalue weighted by Gasteiger charge is -2.04. The van der Waals surface area contributed by atoms with E-state index in [1.807, 2.05) is 0 Å². The van der Waals surface area contributed by atoms with Crippen LogP contribution in [0.5, 0.6) is 0 Å². The van der Waals surface area contributed by atoms with Gasteiger partial charge in [0.1, 0.15) is 6.61 Å². The molecule has 96 valence electrons. The molecule has 0 bridgehead atoms. The largest absolute Gasteiger partial charge is 0.466 e. The third-order valence-corrected chi connectivity index (χ3v) is 2.03. The molecule has 0 N–H and O–H groups in total. The fourth-order valence-corrected chi connectivity index (χ4v) is 1.14. The second kappa shape index (κ2) is 7.05. The molecule has 0 aliphatic rings. The first kappa shape index (κ1) is 13.7. The van der Waals surface area contributed by atoms with E-state index in [-0.39, 0.29) is 18.7 Å². The Labute approximate surface area is 103 Å². The summed E-state index contributed by atoms with van der Waals surface area (Å²) in [7, 11) is 1.21. The highest BCUT2D eigenvalue weighted by Crippen LogP contribution is 1.87. The van der Waals surface area contributed by atoms with Gasteiger partial charge in [-0.1, -0.05) is 6.07 Å². The number of hydrogen-bond donors (Lipinski definition) is 0. The fraction of sp³-hybridized carbons (Fsp3) is 0.250. The maximum atomic E-state index is 11.3. The molecule has 0 amide bonds. The minimum absolute atomic E-state index is 0.0499. The molecule has 6 nitrogen and oxygen atoms in total. The van der Waals surface area contributed by atoms with E-state index in [0.717, 1.165) is 12.2 Å². The maximum absolute atomic E-state index is 11.3. The van der Waals surface area contributed by atoms with E-state index >= 15 is 0 Å². The zero-order chi connectivity index (χ0) is 13.4. The van der Waals surface area contributed by atoms with Crippen molar-refractivity contribution in [3.8, 4) is 0 Å². The topological polar surface area (TPSA) is 74.6 Å². The van der Waals surface area contributed by atoms with Crippen molar-refractivity contribution in [3.63, 3.8) is 0 Å². The van der Waals surface area contributed by atoms with Gasteiger partial charge >= 0.3 is 11.9 Å². The summed E-state index contributed by atoms with van der Waals surface area (Å²) in [6.45, 7) is 0.311. The average Bonchev–Trinajstić information content (AvgIpc) is 2.38. The summed E-state index contributed by atoms with van der Waals surface area (Å²) >= 11 is 0. The number of aromatic nitrogens is 1. The Kier molecular flexibility index (Phi) is 5.37. The zero-order valence-electron chi connectivity index (χ0n) is 9.87. The van der Waals surface area contributed by atoms with E-state index in [1.165, 1.54) is 17.7 Å². The smallest absolute Gasteiger partial charge is 0.331 e. The van der Waals surface area contributed by atoms with Gasteiger partial charge in [0.05, 0.1) is 13.7 Å². The highest BCUT2D eigenvalue weighted by Gasteiger charge is 2.00. The number of hydrogen-bond acceptors (Lipinski definition) is 5. The summed E-state index contributed by atoms with van der Waals surface area (Å²) in [6, 6.07) is 4.75. The predicted molar refractivity (Wildman–Crippen MR) is 62.8 cm³/mol. The Bertz CT molecular complexity index is 503. The Morgan fingerprint density at radius 3 is 2.67 bits per heavy atom. The summed E-state index contributed by atoms with van der Waals surface area (Å²) in [4.78, 5) is 33.1. The van der Waals surface area contributed by atoms with Crippen molar-refractivity contribution in [1.29, 1.82) is 0 Å². The van der Waals surface area contributed by atoms with Crippen molar-refractivity contribution in [2.75, 3.05) is 13.7 Å². The summed E-state index contributed by atoms with van der Waals surface area (Å²) in [5.74, 6) is -1.30. The van der Waals surface area contributed by atoms with Gasteiger partial charge in [-0.3, -0.25) is 4.79 Å². The summed E-state index contributed by atoms with van der Waals surface area (Å²) in [5.41, 5.74) is -0.168. The summed E-state index contributed by atoms with van der Waals surface area (Å²) in [6.07, 6.45) is 3.54. The quantitative estimate of drug-likeness (QED) is 0.549. The van der Waals surface area contributed by atoms with Gasteiger partial charge in [0.2, 0.25) is 0 Å². The van der Waals surface area contributed by atoms with Crippen LogP contribution in [-0.2, 0) is 25.6 Å². The number of esters is 2. The normalized spacial score (nSPS) is 10.3. The molecule has 0 spiro atoms. The number of carbonyl (C=O) groups excluding carboxylic acids is 2. The first-order chi connectivity index (χ1) is 8.63. The lowest BCUT2D eigenvalue weighted by atomic mass is 10.4. The molecule has 0 radical (unpaired) electrons. The van der Waals surface area contributed by atoms with Gasteiger partial charge in [-0.15, -0.1) is 0 Å². The number of rotatable bonds is 5. The van der Waals surface area contributed by atoms with E-state index in [9.17, 15) is 14.4 Å². The number of methoxy groups -OCH3 is 1. The summed E-state index contributed by atoms with van der Waals surface area (Å²) in [5, 5.41) is 0. The molecule has 6 heteroatoms. The fourth-order valence-electron chi connectivity index (χ4n) is 1.14. The minimum atomic E-state index is -0.663. The molecule has 0 atom stereocenters. The molecule has 0 saturated carbocycles. The summed E-state index contributed by atoms with van der Waals surface area (Å²) < 4.78 is 10.5. The second-order valence-corrected chi connectivity index (χ2v) is 3.26. The van der Waals surface area contributed by atoms with Crippen LogP contribution in [0.3, 0.4) is 0 Å². The Balaban J connectivity index is 2.36. The first-order valence-corrected chi connectivity index (χ1v) is 5.21. The van der Waals surface area contributed by atoms with Gasteiger partial charge in [0.25, 0.3) is 5.56 Å². The Hall–Kier alpha value is -2.37. The van der Waals surface area contributed by atoms with Crippen molar-refractivity contribution < 1.29 is 19.1 Å². The SMILES string of the molecule is COC(=O)/C=C/C(=O)OCCn1ccccc1=O. The van der Waals surface area contributed by atoms with Crippen molar-refractivity contribution in [3.05, 3.63) is 46.9 Å². The molecular weight excluding hydrogens is 238 g/mol. The molecule has 0 aliphatic carbocycles. The molecule has 1 rings (SSSR count). The van der Waals surface area contributed by atoms with E-state index in [0.29, 0.717) is 0 Å². The van der Waals surface area contributed by atoms with Crippen LogP contribution in [0.4, 0.5) is 0 Å². The van der Waals surface area contributed by atoms with Crippen LogP contribution in [-0.4, -0.2) is 30.2 Å².